The van der Waals surface area contributed by atoms with Crippen LogP contribution in [0, 0.1) is 11.6 Å². The van der Waals surface area contributed by atoms with E-state index in [4.69, 9.17) is 5.73 Å². The molecule has 1 aromatic carbocycles. The van der Waals surface area contributed by atoms with Crippen LogP contribution >= 0.6 is 0 Å². The molecule has 1 aromatic rings. The molecule has 3 nitrogen and oxygen atoms in total. The molecule has 0 saturated heterocycles. The molecule has 1 aliphatic carbocycles. The van der Waals surface area contributed by atoms with Crippen molar-refractivity contribution in [3.8, 4) is 0 Å². The highest BCUT2D eigenvalue weighted by Crippen LogP contribution is 2.28. The van der Waals surface area contributed by atoms with Crippen LogP contribution in [0.15, 0.2) is 12.1 Å². The largest absolute Gasteiger partial charge is 0.397 e. The number of nitrogens with one attached hydrogen (secondary N) is 1. The molecule has 0 heterocycles. The minimum Gasteiger partial charge on any atom is -0.397 e. The lowest BCUT2D eigenvalue weighted by atomic mass is 10.2. The Kier molecular flexibility index (Phi) is 3.71. The third kappa shape index (κ3) is 2.72. The van der Waals surface area contributed by atoms with Gasteiger partial charge in [0.1, 0.15) is 0 Å². The topological polar surface area (TPSA) is 41.3 Å². The number of nitrogen functional groups attached to an aromatic ring is 1. The quantitative estimate of drug-likeness (QED) is 0.794. The summed E-state index contributed by atoms with van der Waals surface area (Å²) in [7, 11) is 2.05. The summed E-state index contributed by atoms with van der Waals surface area (Å²) in [6.07, 6.45) is 2.44. The number of nitrogens with two attached hydrogens (primary N) is 1. The SMILES string of the molecule is CC(CNc1c(N)ccc(F)c1F)N(C)C1CC1. The Morgan fingerprint density at radius 1 is 1.44 bits per heavy atom. The zero-order valence-electron chi connectivity index (χ0n) is 10.7. The monoisotopic (exact) mass is 255 g/mol. The molecule has 100 valence electrons. The predicted molar refractivity (Wildman–Crippen MR) is 69.5 cm³/mol. The predicted octanol–water partition coefficient (Wildman–Crippen LogP) is 2.44. The summed E-state index contributed by atoms with van der Waals surface area (Å²) in [6.45, 7) is 2.59. The number of benzene rings is 1. The second-order valence-corrected chi connectivity index (χ2v) is 4.95. The van der Waals surface area contributed by atoms with Gasteiger partial charge in [-0.2, -0.15) is 0 Å². The van der Waals surface area contributed by atoms with Crippen LogP contribution < -0.4 is 11.1 Å². The smallest absolute Gasteiger partial charge is 0.183 e. The molecule has 0 radical (unpaired) electrons. The number of rotatable bonds is 5. The number of hydrogen-bond acceptors (Lipinski definition) is 3. The number of halogens is 2. The fraction of sp³-hybridized carbons (Fsp3) is 0.538. The molecule has 18 heavy (non-hydrogen) atoms. The van der Waals surface area contributed by atoms with E-state index in [0.29, 0.717) is 12.6 Å². The van der Waals surface area contributed by atoms with Crippen LogP contribution in [-0.4, -0.2) is 30.6 Å². The Labute approximate surface area is 106 Å². The number of likely N-dealkylation sites (N-methyl/N-ethyl adjacent to an activating group) is 1. The van der Waals surface area contributed by atoms with Crippen molar-refractivity contribution >= 4 is 11.4 Å². The molecule has 0 amide bonds. The Bertz CT molecular complexity index is 432. The Morgan fingerprint density at radius 2 is 2.11 bits per heavy atom. The molecule has 3 N–H and O–H groups in total. The van der Waals surface area contributed by atoms with E-state index in [1.165, 1.54) is 18.9 Å². The summed E-state index contributed by atoms with van der Waals surface area (Å²) in [5.74, 6) is -1.79. The number of anilines is 2. The molecule has 1 fully saturated rings. The lowest BCUT2D eigenvalue weighted by molar-refractivity contribution is 0.257. The average Bonchev–Trinajstić information content (AvgIpc) is 3.17. The van der Waals surface area contributed by atoms with Crippen LogP contribution in [-0.2, 0) is 0 Å². The highest BCUT2D eigenvalue weighted by Gasteiger charge is 2.29. The van der Waals surface area contributed by atoms with Crippen molar-refractivity contribution < 1.29 is 8.78 Å². The van der Waals surface area contributed by atoms with E-state index in [1.807, 2.05) is 0 Å². The summed E-state index contributed by atoms with van der Waals surface area (Å²) in [4.78, 5) is 2.25. The maximum atomic E-state index is 13.6. The number of nitrogens with zero attached hydrogens (tertiary/aromatic N) is 1. The van der Waals surface area contributed by atoms with Gasteiger partial charge in [0.05, 0.1) is 11.4 Å². The van der Waals surface area contributed by atoms with Crippen molar-refractivity contribution in [1.82, 2.24) is 4.90 Å². The first-order valence-corrected chi connectivity index (χ1v) is 6.20. The van der Waals surface area contributed by atoms with Gasteiger partial charge in [0, 0.05) is 18.6 Å². The summed E-state index contributed by atoms with van der Waals surface area (Å²) in [6, 6.07) is 3.29. The van der Waals surface area contributed by atoms with Crippen LogP contribution in [0.1, 0.15) is 19.8 Å². The molecule has 1 unspecified atom stereocenters. The maximum Gasteiger partial charge on any atom is 0.183 e. The molecule has 1 saturated carbocycles. The van der Waals surface area contributed by atoms with E-state index >= 15 is 0 Å². The van der Waals surface area contributed by atoms with Crippen LogP contribution in [0.5, 0.6) is 0 Å². The molecular weight excluding hydrogens is 236 g/mol. The average molecular weight is 255 g/mol. The lowest BCUT2D eigenvalue weighted by Gasteiger charge is -2.25. The minimum absolute atomic E-state index is 0.0612. The van der Waals surface area contributed by atoms with Crippen molar-refractivity contribution in [3.63, 3.8) is 0 Å². The van der Waals surface area contributed by atoms with E-state index in [2.05, 4.69) is 24.2 Å². The minimum atomic E-state index is -0.906. The van der Waals surface area contributed by atoms with E-state index in [1.54, 1.807) is 0 Å². The molecule has 1 atom stereocenters. The van der Waals surface area contributed by atoms with Gasteiger partial charge >= 0.3 is 0 Å². The van der Waals surface area contributed by atoms with Gasteiger partial charge in [0.25, 0.3) is 0 Å². The Morgan fingerprint density at radius 3 is 2.72 bits per heavy atom. The summed E-state index contributed by atoms with van der Waals surface area (Å²) >= 11 is 0. The number of hydrogen-bond donors (Lipinski definition) is 2. The van der Waals surface area contributed by atoms with Gasteiger partial charge in [-0.25, -0.2) is 8.78 Å². The van der Waals surface area contributed by atoms with Crippen molar-refractivity contribution in [3.05, 3.63) is 23.8 Å². The molecule has 0 aromatic heterocycles. The van der Waals surface area contributed by atoms with Crippen LogP contribution in [0.4, 0.5) is 20.2 Å². The second-order valence-electron chi connectivity index (χ2n) is 4.95. The highest BCUT2D eigenvalue weighted by atomic mass is 19.2. The van der Waals surface area contributed by atoms with Crippen molar-refractivity contribution in [2.45, 2.75) is 31.8 Å². The first-order chi connectivity index (χ1) is 8.50. The fourth-order valence-corrected chi connectivity index (χ4v) is 1.98. The van der Waals surface area contributed by atoms with Crippen LogP contribution in [0.25, 0.3) is 0 Å². The van der Waals surface area contributed by atoms with Crippen LogP contribution in [0.2, 0.25) is 0 Å². The molecule has 0 bridgehead atoms. The third-order valence-electron chi connectivity index (χ3n) is 3.52. The van der Waals surface area contributed by atoms with Gasteiger partial charge < -0.3 is 11.1 Å². The van der Waals surface area contributed by atoms with Crippen molar-refractivity contribution in [2.75, 3.05) is 24.6 Å². The van der Waals surface area contributed by atoms with Crippen molar-refractivity contribution in [1.29, 1.82) is 0 Å². The van der Waals surface area contributed by atoms with E-state index < -0.39 is 11.6 Å². The first-order valence-electron chi connectivity index (χ1n) is 6.20. The van der Waals surface area contributed by atoms with E-state index in [9.17, 15) is 8.78 Å². The fourth-order valence-electron chi connectivity index (χ4n) is 1.98. The zero-order chi connectivity index (χ0) is 13.3. The van der Waals surface area contributed by atoms with E-state index in [0.717, 1.165) is 6.07 Å². The van der Waals surface area contributed by atoms with Gasteiger partial charge in [-0.3, -0.25) is 4.90 Å². The second kappa shape index (κ2) is 5.10. The maximum absolute atomic E-state index is 13.6. The Hall–Kier alpha value is -1.36. The van der Waals surface area contributed by atoms with Crippen molar-refractivity contribution in [2.24, 2.45) is 0 Å². The molecular formula is C13H19F2N3. The molecule has 2 rings (SSSR count). The van der Waals surface area contributed by atoms with Gasteiger partial charge in [0.15, 0.2) is 11.6 Å². The molecule has 5 heteroatoms. The third-order valence-corrected chi connectivity index (χ3v) is 3.52. The Balaban J connectivity index is 1.99. The van der Waals surface area contributed by atoms with Gasteiger partial charge in [0.2, 0.25) is 0 Å². The van der Waals surface area contributed by atoms with E-state index in [-0.39, 0.29) is 17.4 Å². The molecule has 1 aliphatic rings. The van der Waals surface area contributed by atoms with Gasteiger partial charge in [-0.15, -0.1) is 0 Å². The summed E-state index contributed by atoms with van der Waals surface area (Å²) in [5.41, 5.74) is 5.93. The highest BCUT2D eigenvalue weighted by molar-refractivity contribution is 5.66. The standard InChI is InChI=1S/C13H19F2N3/c1-8(18(2)9-3-4-9)7-17-13-11(16)6-5-10(14)12(13)15/h5-6,8-9,17H,3-4,7,16H2,1-2H3. The summed E-state index contributed by atoms with van der Waals surface area (Å²) < 4.78 is 26.7. The molecule has 0 aliphatic heterocycles. The first kappa shape index (κ1) is 13.1. The van der Waals surface area contributed by atoms with Crippen LogP contribution in [0.3, 0.4) is 0 Å². The normalized spacial score (nSPS) is 16.9. The summed E-state index contributed by atoms with van der Waals surface area (Å²) in [5, 5.41) is 2.90. The lowest BCUT2D eigenvalue weighted by Crippen LogP contribution is -2.36. The molecule has 0 spiro atoms. The van der Waals surface area contributed by atoms with Gasteiger partial charge in [-0.05, 0) is 38.9 Å². The van der Waals surface area contributed by atoms with Gasteiger partial charge in [-0.1, -0.05) is 0 Å². The zero-order valence-corrected chi connectivity index (χ0v) is 10.7.